The van der Waals surface area contributed by atoms with Gasteiger partial charge in [-0.3, -0.25) is 13.9 Å². The molecular weight excluding hydrogens is 379 g/mol. The molecule has 0 radical (unpaired) electrons. The molecule has 138 valence electrons. The van der Waals surface area contributed by atoms with Crippen LogP contribution in [0.15, 0.2) is 27.9 Å². The third kappa shape index (κ3) is 2.61. The molecule has 1 saturated carbocycles. The highest BCUT2D eigenvalue weighted by molar-refractivity contribution is 7.08. The summed E-state index contributed by atoms with van der Waals surface area (Å²) >= 11 is 1.30. The third-order valence-electron chi connectivity index (χ3n) is 4.56. The monoisotopic (exact) mass is 390 g/mol. The number of rotatable bonds is 3. The van der Waals surface area contributed by atoms with Gasteiger partial charge in [-0.05, 0) is 24.3 Å². The number of imidazole rings is 1. The standard InChI is InChI=1S/C15H11F5N4OS/c16-14(17)23-6-21-10-12(23)22-11(7-3-8(4-7)15(18,19)20)24(13(10)25)9-1-2-26-5-9/h1-2,5-8,14H,3-4H2. The van der Waals surface area contributed by atoms with Crippen LogP contribution in [0.1, 0.15) is 31.1 Å². The quantitative estimate of drug-likeness (QED) is 0.633. The number of fused-ring (bicyclic) bond motifs is 1. The zero-order valence-corrected chi connectivity index (χ0v) is 13.8. The van der Waals surface area contributed by atoms with Crippen LogP contribution in [-0.4, -0.2) is 25.3 Å². The number of aromatic nitrogens is 4. The number of thiophene rings is 1. The average Bonchev–Trinajstić information content (AvgIpc) is 3.13. The molecule has 0 unspecified atom stereocenters. The van der Waals surface area contributed by atoms with Gasteiger partial charge in [0.25, 0.3) is 5.56 Å². The summed E-state index contributed by atoms with van der Waals surface area (Å²) in [6.45, 7) is -2.96. The van der Waals surface area contributed by atoms with Crippen LogP contribution < -0.4 is 5.56 Å². The predicted octanol–water partition coefficient (Wildman–Crippen LogP) is 4.09. The Morgan fingerprint density at radius 1 is 1.27 bits per heavy atom. The molecule has 1 aliphatic rings. The topological polar surface area (TPSA) is 52.7 Å². The second-order valence-electron chi connectivity index (χ2n) is 6.10. The van der Waals surface area contributed by atoms with E-state index in [1.807, 2.05) is 0 Å². The van der Waals surface area contributed by atoms with E-state index >= 15 is 0 Å². The number of hydrogen-bond donors (Lipinski definition) is 0. The zero-order valence-electron chi connectivity index (χ0n) is 13.0. The number of halogens is 5. The summed E-state index contributed by atoms with van der Waals surface area (Å²) in [6.07, 6.45) is -3.97. The van der Waals surface area contributed by atoms with E-state index in [4.69, 9.17) is 0 Å². The van der Waals surface area contributed by atoms with Gasteiger partial charge in [0.05, 0.1) is 11.6 Å². The molecule has 1 aliphatic carbocycles. The van der Waals surface area contributed by atoms with Crippen molar-refractivity contribution in [1.82, 2.24) is 19.1 Å². The highest BCUT2D eigenvalue weighted by Crippen LogP contribution is 2.49. The lowest BCUT2D eigenvalue weighted by Crippen LogP contribution is -2.37. The third-order valence-corrected chi connectivity index (χ3v) is 5.23. The minimum absolute atomic E-state index is 0.0591. The highest BCUT2D eigenvalue weighted by Gasteiger charge is 2.49. The van der Waals surface area contributed by atoms with Crippen LogP contribution >= 0.6 is 11.3 Å². The lowest BCUT2D eigenvalue weighted by molar-refractivity contribution is -0.198. The minimum Gasteiger partial charge on any atom is -0.266 e. The molecule has 5 nitrogen and oxygen atoms in total. The molecule has 3 aromatic heterocycles. The van der Waals surface area contributed by atoms with E-state index in [1.165, 1.54) is 15.9 Å². The van der Waals surface area contributed by atoms with E-state index in [0.29, 0.717) is 10.3 Å². The van der Waals surface area contributed by atoms with Crippen molar-refractivity contribution >= 4 is 22.5 Å². The van der Waals surface area contributed by atoms with Gasteiger partial charge in [0, 0.05) is 11.3 Å². The van der Waals surface area contributed by atoms with Crippen LogP contribution in [-0.2, 0) is 0 Å². The molecule has 0 amide bonds. The van der Waals surface area contributed by atoms with Crippen molar-refractivity contribution in [1.29, 1.82) is 0 Å². The van der Waals surface area contributed by atoms with E-state index < -0.39 is 30.1 Å². The van der Waals surface area contributed by atoms with Crippen LogP contribution in [0.5, 0.6) is 0 Å². The van der Waals surface area contributed by atoms with Crippen LogP contribution in [0.2, 0.25) is 0 Å². The van der Waals surface area contributed by atoms with Gasteiger partial charge >= 0.3 is 12.7 Å². The molecule has 4 rings (SSSR count). The van der Waals surface area contributed by atoms with Gasteiger partial charge in [-0.2, -0.15) is 33.3 Å². The smallest absolute Gasteiger partial charge is 0.266 e. The molecule has 0 N–H and O–H groups in total. The maximum Gasteiger partial charge on any atom is 0.391 e. The van der Waals surface area contributed by atoms with E-state index in [9.17, 15) is 26.7 Å². The van der Waals surface area contributed by atoms with Gasteiger partial charge in [0.1, 0.15) is 12.2 Å². The number of alkyl halides is 5. The summed E-state index contributed by atoms with van der Waals surface area (Å²) < 4.78 is 66.3. The van der Waals surface area contributed by atoms with Gasteiger partial charge in [0.2, 0.25) is 0 Å². The summed E-state index contributed by atoms with van der Waals surface area (Å²) in [7, 11) is 0. The summed E-state index contributed by atoms with van der Waals surface area (Å²) in [4.78, 5) is 20.6. The van der Waals surface area contributed by atoms with Crippen molar-refractivity contribution in [3.05, 3.63) is 39.3 Å². The predicted molar refractivity (Wildman–Crippen MR) is 83.8 cm³/mol. The Kier molecular flexibility index (Phi) is 3.86. The minimum atomic E-state index is -4.32. The lowest BCUT2D eigenvalue weighted by atomic mass is 9.74. The van der Waals surface area contributed by atoms with Gasteiger partial charge in [-0.1, -0.05) is 0 Å². The normalized spacial score (nSPS) is 20.7. The molecule has 0 spiro atoms. The van der Waals surface area contributed by atoms with E-state index in [0.717, 1.165) is 6.33 Å². The molecule has 0 aromatic carbocycles. The molecule has 3 heterocycles. The van der Waals surface area contributed by atoms with E-state index in [-0.39, 0.29) is 29.8 Å². The molecule has 26 heavy (non-hydrogen) atoms. The summed E-state index contributed by atoms with van der Waals surface area (Å²) in [5.74, 6) is -2.06. The zero-order chi connectivity index (χ0) is 18.6. The Morgan fingerprint density at radius 3 is 2.58 bits per heavy atom. The SMILES string of the molecule is O=c1c2ncn(C(F)F)c2nc(C2CC(C(F)(F)F)C2)n1-c1ccsc1. The first kappa shape index (κ1) is 17.1. The van der Waals surface area contributed by atoms with E-state index in [1.54, 1.807) is 16.8 Å². The summed E-state index contributed by atoms with van der Waals surface area (Å²) in [5.41, 5.74) is -0.793. The Bertz CT molecular complexity index is 1000. The van der Waals surface area contributed by atoms with Crippen molar-refractivity contribution in [3.63, 3.8) is 0 Å². The molecule has 0 bridgehead atoms. The first-order valence-electron chi connectivity index (χ1n) is 7.64. The lowest BCUT2D eigenvalue weighted by Gasteiger charge is -2.36. The van der Waals surface area contributed by atoms with Gasteiger partial charge in [-0.25, -0.2) is 9.97 Å². The Morgan fingerprint density at radius 2 is 2.00 bits per heavy atom. The van der Waals surface area contributed by atoms with Crippen LogP contribution in [0.4, 0.5) is 22.0 Å². The molecule has 1 fully saturated rings. The first-order chi connectivity index (χ1) is 12.3. The van der Waals surface area contributed by atoms with Crippen LogP contribution in [0.25, 0.3) is 16.9 Å². The van der Waals surface area contributed by atoms with Gasteiger partial charge < -0.3 is 0 Å². The van der Waals surface area contributed by atoms with Crippen molar-refractivity contribution in [2.75, 3.05) is 0 Å². The second-order valence-corrected chi connectivity index (χ2v) is 6.88. The largest absolute Gasteiger partial charge is 0.391 e. The summed E-state index contributed by atoms with van der Waals surface area (Å²) in [6, 6.07) is 1.62. The fourth-order valence-electron chi connectivity index (χ4n) is 3.13. The van der Waals surface area contributed by atoms with Crippen molar-refractivity contribution in [2.45, 2.75) is 31.5 Å². The average molecular weight is 390 g/mol. The Labute approximate surface area is 146 Å². The van der Waals surface area contributed by atoms with Crippen molar-refractivity contribution in [2.24, 2.45) is 5.92 Å². The molecular formula is C15H11F5N4OS. The van der Waals surface area contributed by atoms with Crippen molar-refractivity contribution < 1.29 is 22.0 Å². The number of hydrogen-bond acceptors (Lipinski definition) is 4. The molecule has 11 heteroatoms. The van der Waals surface area contributed by atoms with Crippen LogP contribution in [0, 0.1) is 5.92 Å². The Balaban J connectivity index is 1.88. The van der Waals surface area contributed by atoms with Gasteiger partial charge in [0.15, 0.2) is 11.2 Å². The molecule has 0 aliphatic heterocycles. The van der Waals surface area contributed by atoms with Crippen molar-refractivity contribution in [3.8, 4) is 5.69 Å². The first-order valence-corrected chi connectivity index (χ1v) is 8.58. The number of nitrogens with zero attached hydrogens (tertiary/aromatic N) is 4. The highest BCUT2D eigenvalue weighted by atomic mass is 32.1. The Hall–Kier alpha value is -2.30. The van der Waals surface area contributed by atoms with E-state index in [2.05, 4.69) is 9.97 Å². The molecule has 0 saturated heterocycles. The second kappa shape index (κ2) is 5.86. The fraction of sp³-hybridized carbons (Fsp3) is 0.400. The summed E-state index contributed by atoms with van der Waals surface area (Å²) in [5, 5.41) is 3.34. The van der Waals surface area contributed by atoms with Crippen LogP contribution in [0.3, 0.4) is 0 Å². The van der Waals surface area contributed by atoms with Gasteiger partial charge in [-0.15, -0.1) is 0 Å². The fourth-order valence-corrected chi connectivity index (χ4v) is 3.75. The molecule has 0 atom stereocenters. The maximum atomic E-state index is 13.1. The maximum absolute atomic E-state index is 13.1. The molecule has 3 aromatic rings.